The van der Waals surface area contributed by atoms with Crippen molar-refractivity contribution in [3.63, 3.8) is 0 Å². The van der Waals surface area contributed by atoms with Crippen molar-refractivity contribution in [2.24, 2.45) is 4.99 Å². The molecule has 0 saturated carbocycles. The molecule has 5 heteroatoms. The average Bonchev–Trinajstić information content (AvgIpc) is 2.79. The third-order valence-corrected chi connectivity index (χ3v) is 3.66. The molecule has 112 valence electrons. The second kappa shape index (κ2) is 5.99. The van der Waals surface area contributed by atoms with Gasteiger partial charge in [0.05, 0.1) is 5.70 Å². The lowest BCUT2D eigenvalue weighted by molar-refractivity contribution is -0.116. The molecule has 1 amide bonds. The summed E-state index contributed by atoms with van der Waals surface area (Å²) in [4.78, 5) is 17.6. The molecular weight excluding hydrogens is 276 g/mol. The quantitative estimate of drug-likeness (QED) is 0.910. The number of amides is 1. The average molecular weight is 294 g/mol. The van der Waals surface area contributed by atoms with Crippen molar-refractivity contribution in [3.05, 3.63) is 60.0 Å². The predicted octanol–water partition coefficient (Wildman–Crippen LogP) is 2.31. The molecule has 2 aliphatic heterocycles. The smallest absolute Gasteiger partial charge is 0.223 e. The third-order valence-electron chi connectivity index (χ3n) is 3.66. The lowest BCUT2D eigenvalue weighted by Crippen LogP contribution is -2.36. The maximum absolute atomic E-state index is 11.6. The van der Waals surface area contributed by atoms with E-state index >= 15 is 0 Å². The van der Waals surface area contributed by atoms with Gasteiger partial charge in [-0.1, -0.05) is 24.3 Å². The van der Waals surface area contributed by atoms with Gasteiger partial charge in [0.2, 0.25) is 5.91 Å². The molecule has 0 aliphatic carbocycles. The predicted molar refractivity (Wildman–Crippen MR) is 89.1 cm³/mol. The Hall–Kier alpha value is -2.66. The molecule has 0 spiro atoms. The Morgan fingerprint density at radius 2 is 2.23 bits per heavy atom. The van der Waals surface area contributed by atoms with Gasteiger partial charge in [-0.05, 0) is 24.3 Å². The first-order valence-corrected chi connectivity index (χ1v) is 7.16. The van der Waals surface area contributed by atoms with Crippen LogP contribution < -0.4 is 10.3 Å². The van der Waals surface area contributed by atoms with Crippen LogP contribution in [0.1, 0.15) is 12.5 Å². The summed E-state index contributed by atoms with van der Waals surface area (Å²) in [5, 5.41) is 1.97. The van der Waals surface area contributed by atoms with E-state index in [4.69, 9.17) is 0 Å². The molecule has 1 N–H and O–H groups in total. The number of nitrogens with one attached hydrogen (secondary N) is 1. The summed E-state index contributed by atoms with van der Waals surface area (Å²) in [5.41, 5.74) is 6.22. The zero-order valence-corrected chi connectivity index (χ0v) is 12.7. The Balaban J connectivity index is 1.97. The van der Waals surface area contributed by atoms with E-state index in [-0.39, 0.29) is 5.91 Å². The fourth-order valence-corrected chi connectivity index (χ4v) is 2.37. The number of hydrogen-bond acceptors (Lipinski definition) is 4. The first kappa shape index (κ1) is 14.3. The largest absolute Gasteiger partial charge is 0.316 e. The summed E-state index contributed by atoms with van der Waals surface area (Å²) < 4.78 is 0. The van der Waals surface area contributed by atoms with Crippen molar-refractivity contribution in [1.29, 1.82) is 0 Å². The van der Waals surface area contributed by atoms with E-state index in [0.29, 0.717) is 0 Å². The summed E-state index contributed by atoms with van der Waals surface area (Å²) >= 11 is 0. The number of rotatable bonds is 2. The molecule has 0 fully saturated rings. The van der Waals surface area contributed by atoms with Crippen LogP contribution in [0.2, 0.25) is 0 Å². The monoisotopic (exact) mass is 294 g/mol. The number of allylic oxidation sites excluding steroid dienone is 3. The first-order chi connectivity index (χ1) is 10.7. The Bertz CT molecular complexity index is 715. The Kier molecular flexibility index (Phi) is 3.89. The van der Waals surface area contributed by atoms with E-state index in [1.165, 1.54) is 0 Å². The lowest BCUT2D eigenvalue weighted by atomic mass is 10.1. The Morgan fingerprint density at radius 1 is 1.36 bits per heavy atom. The van der Waals surface area contributed by atoms with Crippen LogP contribution in [-0.2, 0) is 4.79 Å². The van der Waals surface area contributed by atoms with Crippen LogP contribution in [-0.4, -0.2) is 30.7 Å². The van der Waals surface area contributed by atoms with Crippen molar-refractivity contribution in [3.8, 4) is 0 Å². The van der Waals surface area contributed by atoms with Crippen LogP contribution >= 0.6 is 0 Å². The van der Waals surface area contributed by atoms with Gasteiger partial charge in [0.1, 0.15) is 5.82 Å². The van der Waals surface area contributed by atoms with Gasteiger partial charge >= 0.3 is 0 Å². The molecule has 0 atom stereocenters. The molecule has 0 aromatic heterocycles. The SMILES string of the molecule is CC(=O)N(C)c1cccc(C2=CC=NC3=CC=CCNN32)c1. The van der Waals surface area contributed by atoms with Gasteiger partial charge < -0.3 is 4.90 Å². The second-order valence-corrected chi connectivity index (χ2v) is 5.11. The molecule has 3 rings (SSSR count). The topological polar surface area (TPSA) is 47.9 Å². The number of aliphatic imine (C=N–C) groups is 1. The normalized spacial score (nSPS) is 16.5. The minimum absolute atomic E-state index is 0.00835. The van der Waals surface area contributed by atoms with Gasteiger partial charge in [-0.2, -0.15) is 0 Å². The number of carbonyl (C=O) groups is 1. The van der Waals surface area contributed by atoms with E-state index in [2.05, 4.69) is 10.4 Å². The summed E-state index contributed by atoms with van der Waals surface area (Å²) in [5.74, 6) is 0.852. The van der Waals surface area contributed by atoms with Crippen molar-refractivity contribution in [2.45, 2.75) is 6.92 Å². The third kappa shape index (κ3) is 2.71. The van der Waals surface area contributed by atoms with E-state index in [1.807, 2.05) is 53.6 Å². The first-order valence-electron chi connectivity index (χ1n) is 7.16. The van der Waals surface area contributed by atoms with Crippen LogP contribution in [0.5, 0.6) is 0 Å². The summed E-state index contributed by atoms with van der Waals surface area (Å²) in [6, 6.07) is 7.91. The Labute approximate surface area is 129 Å². The van der Waals surface area contributed by atoms with Gasteiger partial charge in [0, 0.05) is 38.0 Å². The number of carbonyl (C=O) groups excluding carboxylic acids is 1. The number of fused-ring (bicyclic) bond motifs is 1. The molecule has 1 aromatic rings. The van der Waals surface area contributed by atoms with Gasteiger partial charge in [-0.15, -0.1) is 0 Å². The van der Waals surface area contributed by atoms with Gasteiger partial charge in [-0.25, -0.2) is 10.4 Å². The molecule has 22 heavy (non-hydrogen) atoms. The van der Waals surface area contributed by atoms with Crippen molar-refractivity contribution < 1.29 is 4.79 Å². The fourth-order valence-electron chi connectivity index (χ4n) is 2.37. The molecule has 0 unspecified atom stereocenters. The highest BCUT2D eigenvalue weighted by molar-refractivity contribution is 5.92. The van der Waals surface area contributed by atoms with Gasteiger partial charge in [0.15, 0.2) is 0 Å². The summed E-state index contributed by atoms with van der Waals surface area (Å²) in [7, 11) is 1.78. The van der Waals surface area contributed by atoms with E-state index in [1.54, 1.807) is 25.1 Å². The molecule has 1 aromatic carbocycles. The maximum Gasteiger partial charge on any atom is 0.223 e. The van der Waals surface area contributed by atoms with Crippen molar-refractivity contribution >= 4 is 23.5 Å². The maximum atomic E-state index is 11.6. The highest BCUT2D eigenvalue weighted by Gasteiger charge is 2.19. The van der Waals surface area contributed by atoms with Crippen molar-refractivity contribution in [1.82, 2.24) is 10.4 Å². The van der Waals surface area contributed by atoms with Crippen LogP contribution in [0.3, 0.4) is 0 Å². The molecule has 5 nitrogen and oxygen atoms in total. The zero-order chi connectivity index (χ0) is 15.5. The number of anilines is 1. The van der Waals surface area contributed by atoms with E-state index in [0.717, 1.165) is 29.3 Å². The van der Waals surface area contributed by atoms with E-state index in [9.17, 15) is 4.79 Å². The Morgan fingerprint density at radius 3 is 3.05 bits per heavy atom. The molecule has 0 radical (unpaired) electrons. The molecular formula is C17H18N4O. The zero-order valence-electron chi connectivity index (χ0n) is 12.7. The van der Waals surface area contributed by atoms with Gasteiger partial charge in [0.25, 0.3) is 0 Å². The number of hydrazine groups is 1. The van der Waals surface area contributed by atoms with Crippen LogP contribution in [0.25, 0.3) is 5.70 Å². The minimum Gasteiger partial charge on any atom is -0.316 e. The standard InChI is InChI=1S/C17H18N4O/c1-13(22)20(2)15-7-5-6-14(12-15)16-9-11-18-17-8-3-4-10-19-21(16)17/h3-9,11-12,19H,10H2,1-2H3. The number of nitrogens with zero attached hydrogens (tertiary/aromatic N) is 3. The van der Waals surface area contributed by atoms with Crippen LogP contribution in [0.15, 0.2) is 59.4 Å². The van der Waals surface area contributed by atoms with E-state index < -0.39 is 0 Å². The molecule has 2 aliphatic rings. The van der Waals surface area contributed by atoms with Crippen LogP contribution in [0, 0.1) is 0 Å². The summed E-state index contributed by atoms with van der Waals surface area (Å²) in [6.07, 6.45) is 9.75. The highest BCUT2D eigenvalue weighted by atomic mass is 16.2. The fraction of sp³-hybridized carbons (Fsp3) is 0.176. The lowest BCUT2D eigenvalue weighted by Gasteiger charge is -2.29. The molecule has 0 bridgehead atoms. The highest BCUT2D eigenvalue weighted by Crippen LogP contribution is 2.28. The molecule has 0 saturated heterocycles. The number of hydrogen-bond donors (Lipinski definition) is 1. The van der Waals surface area contributed by atoms with Crippen LogP contribution in [0.4, 0.5) is 5.69 Å². The second-order valence-electron chi connectivity index (χ2n) is 5.11. The van der Waals surface area contributed by atoms with Crippen molar-refractivity contribution in [2.75, 3.05) is 18.5 Å². The minimum atomic E-state index is 0.00835. The van der Waals surface area contributed by atoms with Gasteiger partial charge in [-0.3, -0.25) is 9.80 Å². The summed E-state index contributed by atoms with van der Waals surface area (Å²) in [6.45, 7) is 2.29. The number of benzene rings is 1. The molecule has 2 heterocycles.